The van der Waals surface area contributed by atoms with Crippen LogP contribution in [0.1, 0.15) is 45.1 Å². The van der Waals surface area contributed by atoms with Gasteiger partial charge in [-0.1, -0.05) is 43.7 Å². The van der Waals surface area contributed by atoms with E-state index in [1.807, 2.05) is 0 Å². The standard InChI is InChI=1S/C14H21N.C3H6O2/c1-2-8-14(9-11-15-12-10-14)13-6-4-3-5-7-13;1-2-5-3-4/h3-7,15H,2,8-12H2,1H3;3H,2H2,1H3. The highest BCUT2D eigenvalue weighted by Crippen LogP contribution is 2.37. The third kappa shape index (κ3) is 4.97. The quantitative estimate of drug-likeness (QED) is 0.839. The minimum Gasteiger partial charge on any atom is -0.468 e. The lowest BCUT2D eigenvalue weighted by atomic mass is 9.70. The van der Waals surface area contributed by atoms with Crippen molar-refractivity contribution >= 4 is 6.47 Å². The zero-order chi connectivity index (χ0) is 14.7. The maximum atomic E-state index is 9.18. The number of benzene rings is 1. The van der Waals surface area contributed by atoms with Gasteiger partial charge in [0.15, 0.2) is 0 Å². The first kappa shape index (κ1) is 16.7. The van der Waals surface area contributed by atoms with E-state index in [-0.39, 0.29) is 0 Å². The Labute approximate surface area is 122 Å². The number of carbonyl (C=O) groups is 1. The normalized spacial score (nSPS) is 16.7. The molecule has 20 heavy (non-hydrogen) atoms. The first-order valence-electron chi connectivity index (χ1n) is 7.60. The predicted molar refractivity (Wildman–Crippen MR) is 82.8 cm³/mol. The second-order valence-electron chi connectivity index (χ2n) is 5.20. The molecule has 1 aromatic carbocycles. The van der Waals surface area contributed by atoms with Crippen molar-refractivity contribution in [2.24, 2.45) is 0 Å². The third-order valence-electron chi connectivity index (χ3n) is 3.91. The summed E-state index contributed by atoms with van der Waals surface area (Å²) in [5.41, 5.74) is 2.01. The average molecular weight is 277 g/mol. The molecule has 0 bridgehead atoms. The summed E-state index contributed by atoms with van der Waals surface area (Å²) in [7, 11) is 0. The molecule has 2 rings (SSSR count). The molecule has 1 N–H and O–H groups in total. The van der Waals surface area contributed by atoms with Crippen LogP contribution in [-0.2, 0) is 14.9 Å². The zero-order valence-electron chi connectivity index (χ0n) is 12.7. The van der Waals surface area contributed by atoms with Crippen LogP contribution in [0.15, 0.2) is 30.3 Å². The summed E-state index contributed by atoms with van der Waals surface area (Å²) in [6, 6.07) is 11.1. The molecule has 1 saturated heterocycles. The smallest absolute Gasteiger partial charge is 0.293 e. The molecule has 1 fully saturated rings. The van der Waals surface area contributed by atoms with E-state index in [0.717, 1.165) is 0 Å². The molecule has 1 aromatic rings. The maximum Gasteiger partial charge on any atom is 0.293 e. The third-order valence-corrected chi connectivity index (χ3v) is 3.91. The van der Waals surface area contributed by atoms with Crippen LogP contribution in [0, 0.1) is 0 Å². The molecule has 0 atom stereocenters. The van der Waals surface area contributed by atoms with Gasteiger partial charge in [0.2, 0.25) is 0 Å². The van der Waals surface area contributed by atoms with Gasteiger partial charge in [0.05, 0.1) is 6.61 Å². The van der Waals surface area contributed by atoms with E-state index >= 15 is 0 Å². The van der Waals surface area contributed by atoms with Gasteiger partial charge in [-0.25, -0.2) is 0 Å². The molecule has 1 heterocycles. The van der Waals surface area contributed by atoms with Crippen LogP contribution < -0.4 is 5.32 Å². The number of carbonyl (C=O) groups excluding carboxylic acids is 1. The molecule has 0 amide bonds. The fraction of sp³-hybridized carbons (Fsp3) is 0.588. The minimum absolute atomic E-state index is 0.431. The molecule has 0 aromatic heterocycles. The van der Waals surface area contributed by atoms with Gasteiger partial charge in [0.1, 0.15) is 0 Å². The maximum absolute atomic E-state index is 9.18. The summed E-state index contributed by atoms with van der Waals surface area (Å²) in [6.45, 7) is 7.31. The van der Waals surface area contributed by atoms with E-state index in [4.69, 9.17) is 0 Å². The molecule has 0 spiro atoms. The number of hydrogen-bond acceptors (Lipinski definition) is 3. The summed E-state index contributed by atoms with van der Waals surface area (Å²) in [4.78, 5) is 9.18. The van der Waals surface area contributed by atoms with Crippen molar-refractivity contribution in [2.75, 3.05) is 19.7 Å². The van der Waals surface area contributed by atoms with Crippen molar-refractivity contribution in [1.82, 2.24) is 5.32 Å². The highest BCUT2D eigenvalue weighted by Gasteiger charge is 2.32. The molecule has 3 nitrogen and oxygen atoms in total. The lowest BCUT2D eigenvalue weighted by Crippen LogP contribution is -2.39. The van der Waals surface area contributed by atoms with Gasteiger partial charge >= 0.3 is 0 Å². The Morgan fingerprint density at radius 1 is 1.20 bits per heavy atom. The molecule has 3 heteroatoms. The van der Waals surface area contributed by atoms with Crippen molar-refractivity contribution in [3.63, 3.8) is 0 Å². The monoisotopic (exact) mass is 277 g/mol. The van der Waals surface area contributed by atoms with Crippen molar-refractivity contribution in [2.45, 2.75) is 44.9 Å². The Bertz CT molecular complexity index is 353. The molecule has 1 aliphatic rings. The first-order valence-corrected chi connectivity index (χ1v) is 7.60. The van der Waals surface area contributed by atoms with Crippen LogP contribution in [0.4, 0.5) is 0 Å². The van der Waals surface area contributed by atoms with Crippen molar-refractivity contribution in [3.05, 3.63) is 35.9 Å². The molecular formula is C17H27NO2. The second-order valence-corrected chi connectivity index (χ2v) is 5.20. The van der Waals surface area contributed by atoms with Gasteiger partial charge in [-0.2, -0.15) is 0 Å². The Balaban J connectivity index is 0.000000347. The van der Waals surface area contributed by atoms with Crippen molar-refractivity contribution in [1.29, 1.82) is 0 Å². The summed E-state index contributed by atoms with van der Waals surface area (Å²) in [5.74, 6) is 0. The lowest BCUT2D eigenvalue weighted by Gasteiger charge is -2.38. The molecule has 0 unspecified atom stereocenters. The number of hydrogen-bond donors (Lipinski definition) is 1. The Morgan fingerprint density at radius 3 is 2.30 bits per heavy atom. The van der Waals surface area contributed by atoms with Crippen LogP contribution in [0.2, 0.25) is 0 Å². The first-order chi connectivity index (χ1) is 9.79. The lowest BCUT2D eigenvalue weighted by molar-refractivity contribution is -0.128. The predicted octanol–water partition coefficient (Wildman–Crippen LogP) is 3.29. The Hall–Kier alpha value is -1.35. The molecule has 0 radical (unpaired) electrons. The Morgan fingerprint density at radius 2 is 1.85 bits per heavy atom. The van der Waals surface area contributed by atoms with Crippen LogP contribution in [0.3, 0.4) is 0 Å². The van der Waals surface area contributed by atoms with E-state index in [2.05, 4.69) is 47.3 Å². The molecule has 0 aliphatic carbocycles. The fourth-order valence-corrected chi connectivity index (χ4v) is 2.93. The van der Waals surface area contributed by atoms with Gasteiger partial charge < -0.3 is 10.1 Å². The highest BCUT2D eigenvalue weighted by molar-refractivity contribution is 5.36. The number of ether oxygens (including phenoxy) is 1. The average Bonchev–Trinajstić information content (AvgIpc) is 2.51. The number of rotatable bonds is 5. The van der Waals surface area contributed by atoms with Gasteiger partial charge in [-0.05, 0) is 50.3 Å². The Kier molecular flexibility index (Phi) is 7.97. The molecule has 0 saturated carbocycles. The van der Waals surface area contributed by atoms with Gasteiger partial charge in [-0.15, -0.1) is 0 Å². The van der Waals surface area contributed by atoms with Gasteiger partial charge in [0, 0.05) is 0 Å². The summed E-state index contributed by atoms with van der Waals surface area (Å²) in [6.07, 6.45) is 5.21. The molecular weight excluding hydrogens is 250 g/mol. The number of nitrogens with one attached hydrogen (secondary N) is 1. The summed E-state index contributed by atoms with van der Waals surface area (Å²) in [5, 5.41) is 3.47. The van der Waals surface area contributed by atoms with Gasteiger partial charge in [0.25, 0.3) is 6.47 Å². The molecule has 1 aliphatic heterocycles. The topological polar surface area (TPSA) is 38.3 Å². The molecule has 112 valence electrons. The van der Waals surface area contributed by atoms with E-state index in [0.29, 0.717) is 18.5 Å². The number of piperidine rings is 1. The largest absolute Gasteiger partial charge is 0.468 e. The van der Waals surface area contributed by atoms with Crippen molar-refractivity contribution in [3.8, 4) is 0 Å². The SMILES string of the molecule is CCCC1(c2ccccc2)CCNCC1.CCOC=O. The van der Waals surface area contributed by atoms with E-state index < -0.39 is 0 Å². The summed E-state index contributed by atoms with van der Waals surface area (Å²) < 4.78 is 4.15. The van der Waals surface area contributed by atoms with E-state index in [1.54, 1.807) is 12.5 Å². The van der Waals surface area contributed by atoms with Crippen LogP contribution in [-0.4, -0.2) is 26.2 Å². The second kappa shape index (κ2) is 9.54. The van der Waals surface area contributed by atoms with Crippen LogP contribution in [0.5, 0.6) is 0 Å². The summed E-state index contributed by atoms with van der Waals surface area (Å²) >= 11 is 0. The highest BCUT2D eigenvalue weighted by atomic mass is 16.5. The van der Waals surface area contributed by atoms with Crippen LogP contribution >= 0.6 is 0 Å². The minimum atomic E-state index is 0.431. The van der Waals surface area contributed by atoms with E-state index in [9.17, 15) is 4.79 Å². The van der Waals surface area contributed by atoms with Crippen molar-refractivity contribution < 1.29 is 9.53 Å². The van der Waals surface area contributed by atoms with Crippen LogP contribution in [0.25, 0.3) is 0 Å². The van der Waals surface area contributed by atoms with E-state index in [1.165, 1.54) is 38.8 Å². The zero-order valence-corrected chi connectivity index (χ0v) is 12.7. The van der Waals surface area contributed by atoms with Gasteiger partial charge in [-0.3, -0.25) is 4.79 Å². The fourth-order valence-electron chi connectivity index (χ4n) is 2.93.